The fraction of sp³-hybridized carbons (Fsp3) is 0.231. The Hall–Kier alpha value is -1.20. The quantitative estimate of drug-likeness (QED) is 0.612. The van der Waals surface area contributed by atoms with Crippen LogP contribution in [0.4, 0.5) is 4.39 Å². The van der Waals surface area contributed by atoms with Gasteiger partial charge < -0.3 is 0 Å². The summed E-state index contributed by atoms with van der Waals surface area (Å²) >= 11 is 6.50. The van der Waals surface area contributed by atoms with Crippen LogP contribution in [-0.2, 0) is 4.79 Å². The van der Waals surface area contributed by atoms with Crippen LogP contribution in [0.3, 0.4) is 0 Å². The lowest BCUT2D eigenvalue weighted by molar-refractivity contribution is -0.122. The van der Waals surface area contributed by atoms with Gasteiger partial charge in [-0.25, -0.2) is 4.39 Å². The second-order valence-electron chi connectivity index (χ2n) is 4.34. The zero-order valence-electron chi connectivity index (χ0n) is 9.43. The van der Waals surface area contributed by atoms with Crippen molar-refractivity contribution < 1.29 is 9.18 Å². The van der Waals surface area contributed by atoms with Crippen LogP contribution in [0.1, 0.15) is 18.4 Å². The van der Waals surface area contributed by atoms with Crippen LogP contribution in [0.15, 0.2) is 29.2 Å². The summed E-state index contributed by atoms with van der Waals surface area (Å²) in [5, 5.41) is 0. The smallest absolute Gasteiger partial charge is 0.266 e. The molecule has 2 fully saturated rings. The van der Waals surface area contributed by atoms with E-state index in [1.807, 2.05) is 0 Å². The molecule has 92 valence electrons. The molecule has 3 rings (SSSR count). The lowest BCUT2D eigenvalue weighted by Gasteiger charge is -2.11. The van der Waals surface area contributed by atoms with Crippen molar-refractivity contribution in [3.05, 3.63) is 40.6 Å². The summed E-state index contributed by atoms with van der Waals surface area (Å²) in [6, 6.07) is 6.47. The molecule has 1 aromatic rings. The molecule has 1 saturated heterocycles. The normalized spacial score (nSPS) is 22.1. The molecule has 2 aliphatic rings. The first-order valence-corrected chi connectivity index (χ1v) is 6.90. The number of hydrogen-bond donors (Lipinski definition) is 0. The molecule has 0 aromatic heterocycles. The van der Waals surface area contributed by atoms with Gasteiger partial charge in [-0.3, -0.25) is 9.69 Å². The van der Waals surface area contributed by atoms with Gasteiger partial charge in [0.25, 0.3) is 5.91 Å². The van der Waals surface area contributed by atoms with Gasteiger partial charge in [-0.15, -0.1) is 0 Å². The van der Waals surface area contributed by atoms with E-state index in [4.69, 9.17) is 12.2 Å². The molecule has 1 aromatic carbocycles. The van der Waals surface area contributed by atoms with Gasteiger partial charge in [-0.05, 0) is 36.6 Å². The lowest BCUT2D eigenvalue weighted by Crippen LogP contribution is -2.30. The second-order valence-corrected chi connectivity index (χ2v) is 6.01. The van der Waals surface area contributed by atoms with E-state index in [9.17, 15) is 9.18 Å². The van der Waals surface area contributed by atoms with Crippen molar-refractivity contribution in [2.75, 3.05) is 0 Å². The Bertz CT molecular complexity index is 566. The minimum Gasteiger partial charge on any atom is -0.290 e. The average molecular weight is 279 g/mol. The number of thioether (sulfide) groups is 1. The van der Waals surface area contributed by atoms with Gasteiger partial charge in [0, 0.05) is 6.04 Å². The number of benzene rings is 1. The van der Waals surface area contributed by atoms with E-state index >= 15 is 0 Å². The molecule has 2 nitrogen and oxygen atoms in total. The Labute approximate surface area is 114 Å². The van der Waals surface area contributed by atoms with Gasteiger partial charge in [-0.1, -0.05) is 36.1 Å². The Balaban J connectivity index is 1.89. The number of nitrogens with zero attached hydrogens (tertiary/aromatic N) is 1. The summed E-state index contributed by atoms with van der Waals surface area (Å²) < 4.78 is 13.7. The van der Waals surface area contributed by atoms with Crippen LogP contribution in [0.5, 0.6) is 0 Å². The predicted molar refractivity (Wildman–Crippen MR) is 74.4 cm³/mol. The van der Waals surface area contributed by atoms with Crippen LogP contribution < -0.4 is 0 Å². The molecular weight excluding hydrogens is 269 g/mol. The van der Waals surface area contributed by atoms with Crippen LogP contribution in [0.25, 0.3) is 6.08 Å². The van der Waals surface area contributed by atoms with Gasteiger partial charge in [0.05, 0.1) is 4.91 Å². The van der Waals surface area contributed by atoms with E-state index in [1.54, 1.807) is 23.1 Å². The van der Waals surface area contributed by atoms with E-state index in [0.29, 0.717) is 14.8 Å². The van der Waals surface area contributed by atoms with E-state index < -0.39 is 0 Å². The van der Waals surface area contributed by atoms with Crippen molar-refractivity contribution in [3.63, 3.8) is 0 Å². The molecule has 0 N–H and O–H groups in total. The van der Waals surface area contributed by atoms with Gasteiger partial charge >= 0.3 is 0 Å². The molecule has 1 aliphatic carbocycles. The van der Waals surface area contributed by atoms with Gasteiger partial charge in [0.15, 0.2) is 0 Å². The molecule has 0 radical (unpaired) electrons. The van der Waals surface area contributed by atoms with Gasteiger partial charge in [0.1, 0.15) is 10.1 Å². The molecule has 1 aliphatic heterocycles. The van der Waals surface area contributed by atoms with Gasteiger partial charge in [-0.2, -0.15) is 0 Å². The van der Waals surface area contributed by atoms with E-state index in [2.05, 4.69) is 0 Å². The van der Waals surface area contributed by atoms with Crippen LogP contribution in [0, 0.1) is 5.82 Å². The molecule has 1 amide bonds. The Morgan fingerprint density at radius 1 is 1.44 bits per heavy atom. The first-order chi connectivity index (χ1) is 8.65. The minimum atomic E-state index is -0.304. The maximum absolute atomic E-state index is 13.1. The van der Waals surface area contributed by atoms with E-state index in [-0.39, 0.29) is 17.8 Å². The molecule has 1 saturated carbocycles. The number of thiocarbonyl (C=S) groups is 1. The molecule has 18 heavy (non-hydrogen) atoms. The number of halogens is 1. The van der Waals surface area contributed by atoms with Crippen molar-refractivity contribution in [1.29, 1.82) is 0 Å². The molecule has 0 bridgehead atoms. The molecule has 0 spiro atoms. The zero-order chi connectivity index (χ0) is 12.7. The standard InChI is InChI=1S/C13H10FNOS2/c14-9-3-1-2-8(6-9)7-11-12(16)15(10-4-5-10)13(17)18-11/h1-3,6-7,10H,4-5H2/b11-7-. The number of hydrogen-bond acceptors (Lipinski definition) is 3. The monoisotopic (exact) mass is 279 g/mol. The van der Waals surface area contributed by atoms with Crippen LogP contribution >= 0.6 is 24.0 Å². The van der Waals surface area contributed by atoms with Crippen molar-refractivity contribution >= 4 is 40.3 Å². The maximum Gasteiger partial charge on any atom is 0.266 e. The molecular formula is C13H10FNOS2. The Morgan fingerprint density at radius 3 is 2.89 bits per heavy atom. The van der Waals surface area contributed by atoms with Crippen molar-refractivity contribution in [2.45, 2.75) is 18.9 Å². The topological polar surface area (TPSA) is 20.3 Å². The second kappa shape index (κ2) is 4.48. The highest BCUT2D eigenvalue weighted by atomic mass is 32.2. The summed E-state index contributed by atoms with van der Waals surface area (Å²) in [5.41, 5.74) is 0.686. The summed E-state index contributed by atoms with van der Waals surface area (Å²) in [6.45, 7) is 0. The average Bonchev–Trinajstić information content (AvgIpc) is 3.09. The fourth-order valence-corrected chi connectivity index (χ4v) is 3.28. The zero-order valence-corrected chi connectivity index (χ0v) is 11.1. The van der Waals surface area contributed by atoms with Crippen molar-refractivity contribution in [1.82, 2.24) is 4.90 Å². The Kier molecular flexibility index (Phi) is 2.95. The van der Waals surface area contributed by atoms with E-state index in [1.165, 1.54) is 23.9 Å². The number of rotatable bonds is 2. The highest BCUT2D eigenvalue weighted by Crippen LogP contribution is 2.39. The molecule has 0 atom stereocenters. The fourth-order valence-electron chi connectivity index (χ4n) is 1.88. The van der Waals surface area contributed by atoms with Crippen LogP contribution in [0.2, 0.25) is 0 Å². The van der Waals surface area contributed by atoms with Crippen molar-refractivity contribution in [3.8, 4) is 0 Å². The van der Waals surface area contributed by atoms with E-state index in [0.717, 1.165) is 12.8 Å². The third kappa shape index (κ3) is 2.20. The summed E-state index contributed by atoms with van der Waals surface area (Å²) in [4.78, 5) is 14.4. The summed E-state index contributed by atoms with van der Waals surface area (Å²) in [6.07, 6.45) is 3.75. The molecule has 1 heterocycles. The summed E-state index contributed by atoms with van der Waals surface area (Å²) in [5.74, 6) is -0.349. The third-order valence-electron chi connectivity index (χ3n) is 2.88. The molecule has 0 unspecified atom stereocenters. The third-order valence-corrected chi connectivity index (χ3v) is 4.21. The SMILES string of the molecule is O=C1/C(=C/c2cccc(F)c2)SC(=S)N1C1CC1. The number of carbonyl (C=O) groups excluding carboxylic acids is 1. The first kappa shape index (κ1) is 11.9. The number of carbonyl (C=O) groups is 1. The maximum atomic E-state index is 13.1. The first-order valence-electron chi connectivity index (χ1n) is 5.68. The van der Waals surface area contributed by atoms with Crippen LogP contribution in [-0.4, -0.2) is 21.2 Å². The minimum absolute atomic E-state index is 0.0447. The largest absolute Gasteiger partial charge is 0.290 e. The number of amides is 1. The highest BCUT2D eigenvalue weighted by Gasteiger charge is 2.41. The van der Waals surface area contributed by atoms with Crippen molar-refractivity contribution in [2.24, 2.45) is 0 Å². The molecule has 5 heteroatoms. The highest BCUT2D eigenvalue weighted by molar-refractivity contribution is 8.26. The predicted octanol–water partition coefficient (Wildman–Crippen LogP) is 3.19. The summed E-state index contributed by atoms with van der Waals surface area (Å²) in [7, 11) is 0. The Morgan fingerprint density at radius 2 is 2.22 bits per heavy atom. The lowest BCUT2D eigenvalue weighted by atomic mass is 10.2. The van der Waals surface area contributed by atoms with Gasteiger partial charge in [0.2, 0.25) is 0 Å².